The molecule has 6 heteroatoms. The highest BCUT2D eigenvalue weighted by Crippen LogP contribution is 2.47. The molecule has 0 unspecified atom stereocenters. The molecule has 0 bridgehead atoms. The van der Waals surface area contributed by atoms with Gasteiger partial charge in [-0.15, -0.1) is 0 Å². The summed E-state index contributed by atoms with van der Waals surface area (Å²) in [5.74, 6) is -2.01. The number of ether oxygens (including phenoxy) is 3. The average Bonchev–Trinajstić information content (AvgIpc) is 2.36. The third-order valence-electron chi connectivity index (χ3n) is 3.60. The summed E-state index contributed by atoms with van der Waals surface area (Å²) < 4.78 is 14.3. The molecule has 1 saturated heterocycles. The van der Waals surface area contributed by atoms with E-state index in [1.165, 1.54) is 14.2 Å². The first-order valence-corrected chi connectivity index (χ1v) is 5.42. The van der Waals surface area contributed by atoms with E-state index < -0.39 is 17.4 Å². The second kappa shape index (κ2) is 4.01. The van der Waals surface area contributed by atoms with Crippen LogP contribution in [0.25, 0.3) is 0 Å². The van der Waals surface area contributed by atoms with Crippen molar-refractivity contribution in [3.63, 3.8) is 0 Å². The lowest BCUT2D eigenvalue weighted by atomic mass is 9.66. The summed E-state index contributed by atoms with van der Waals surface area (Å²) in [7, 11) is 2.44. The van der Waals surface area contributed by atoms with Gasteiger partial charge in [0, 0.05) is 0 Å². The van der Waals surface area contributed by atoms with Crippen LogP contribution in [0.4, 0.5) is 0 Å². The van der Waals surface area contributed by atoms with E-state index in [0.717, 1.165) is 0 Å². The van der Waals surface area contributed by atoms with Gasteiger partial charge in [0.15, 0.2) is 5.41 Å². The molecule has 1 heterocycles. The van der Waals surface area contributed by atoms with Gasteiger partial charge in [-0.25, -0.2) is 0 Å². The van der Waals surface area contributed by atoms with Crippen molar-refractivity contribution in [1.82, 2.24) is 0 Å². The second-order valence-electron chi connectivity index (χ2n) is 4.39. The zero-order valence-electron chi connectivity index (χ0n) is 9.73. The summed E-state index contributed by atoms with van der Waals surface area (Å²) in [6.07, 6.45) is 0.738. The van der Waals surface area contributed by atoms with E-state index in [4.69, 9.17) is 4.74 Å². The van der Waals surface area contributed by atoms with Crippen molar-refractivity contribution in [3.8, 4) is 0 Å². The summed E-state index contributed by atoms with van der Waals surface area (Å²) in [6.45, 7) is 0. The largest absolute Gasteiger partial charge is 0.468 e. The van der Waals surface area contributed by atoms with Gasteiger partial charge in [0.05, 0.1) is 20.1 Å². The Labute approximate surface area is 98.2 Å². The van der Waals surface area contributed by atoms with Crippen LogP contribution in [0.5, 0.6) is 0 Å². The van der Waals surface area contributed by atoms with Crippen LogP contribution in [0.3, 0.4) is 0 Å². The molecule has 0 N–H and O–H groups in total. The van der Waals surface area contributed by atoms with Gasteiger partial charge >= 0.3 is 17.9 Å². The lowest BCUT2D eigenvalue weighted by molar-refractivity contribution is -0.202. The lowest BCUT2D eigenvalue weighted by Crippen LogP contribution is -2.56. The standard InChI is InChI=1S/C11H14O6/c1-15-9(13)11(10(14)16-2)4-3-7-6(5-11)8(12)17-7/h6-7H,3-5H2,1-2H3/t6-,7+/m1/s1. The number of rotatable bonds is 2. The van der Waals surface area contributed by atoms with Crippen LogP contribution in [0.1, 0.15) is 19.3 Å². The molecule has 0 amide bonds. The number of fused-ring (bicyclic) bond motifs is 1. The Morgan fingerprint density at radius 1 is 1.29 bits per heavy atom. The van der Waals surface area contributed by atoms with E-state index in [2.05, 4.69) is 9.47 Å². The second-order valence-corrected chi connectivity index (χ2v) is 4.39. The van der Waals surface area contributed by atoms with Crippen LogP contribution in [-0.4, -0.2) is 38.2 Å². The van der Waals surface area contributed by atoms with Gasteiger partial charge in [-0.2, -0.15) is 0 Å². The Hall–Kier alpha value is -1.59. The lowest BCUT2D eigenvalue weighted by Gasteiger charge is -2.44. The SMILES string of the molecule is COC(=O)C1(C(=O)OC)CC[C@@H]2OC(=O)[C@@H]2C1. The first kappa shape index (κ1) is 11.9. The Balaban J connectivity index is 2.25. The van der Waals surface area contributed by atoms with E-state index >= 15 is 0 Å². The third kappa shape index (κ3) is 1.59. The molecule has 94 valence electrons. The first-order valence-electron chi connectivity index (χ1n) is 5.42. The molecule has 0 spiro atoms. The Morgan fingerprint density at radius 2 is 1.88 bits per heavy atom. The summed E-state index contributed by atoms with van der Waals surface area (Å²) >= 11 is 0. The van der Waals surface area contributed by atoms with Gasteiger partial charge < -0.3 is 14.2 Å². The molecular weight excluding hydrogens is 228 g/mol. The molecule has 1 aliphatic carbocycles. The molecule has 0 radical (unpaired) electrons. The topological polar surface area (TPSA) is 78.9 Å². The maximum atomic E-state index is 11.8. The molecule has 0 aromatic rings. The maximum absolute atomic E-state index is 11.8. The minimum absolute atomic E-state index is 0.121. The van der Waals surface area contributed by atoms with Crippen LogP contribution in [0.15, 0.2) is 0 Å². The summed E-state index contributed by atoms with van der Waals surface area (Å²) in [5.41, 5.74) is -1.34. The molecule has 17 heavy (non-hydrogen) atoms. The van der Waals surface area contributed by atoms with E-state index in [1.54, 1.807) is 0 Å². The van der Waals surface area contributed by atoms with Crippen molar-refractivity contribution in [2.24, 2.45) is 11.3 Å². The molecule has 6 nitrogen and oxygen atoms in total. The van der Waals surface area contributed by atoms with Gasteiger partial charge in [0.1, 0.15) is 6.10 Å². The number of methoxy groups -OCH3 is 2. The Morgan fingerprint density at radius 3 is 2.35 bits per heavy atom. The highest BCUT2D eigenvalue weighted by atomic mass is 16.6. The highest BCUT2D eigenvalue weighted by molar-refractivity contribution is 6.01. The number of carbonyl (C=O) groups excluding carboxylic acids is 3. The molecular formula is C11H14O6. The number of hydrogen-bond acceptors (Lipinski definition) is 6. The molecule has 1 aliphatic heterocycles. The van der Waals surface area contributed by atoms with Crippen molar-refractivity contribution in [1.29, 1.82) is 0 Å². The molecule has 2 fully saturated rings. The molecule has 2 atom stereocenters. The summed E-state index contributed by atoms with van der Waals surface area (Å²) in [6, 6.07) is 0. The van der Waals surface area contributed by atoms with Gasteiger partial charge in [-0.1, -0.05) is 0 Å². The fourth-order valence-corrected chi connectivity index (χ4v) is 2.58. The van der Waals surface area contributed by atoms with Crippen molar-refractivity contribution < 1.29 is 28.6 Å². The fraction of sp³-hybridized carbons (Fsp3) is 0.727. The number of carbonyl (C=O) groups is 3. The number of esters is 3. The van der Waals surface area contributed by atoms with Gasteiger partial charge in [0.2, 0.25) is 0 Å². The third-order valence-corrected chi connectivity index (χ3v) is 3.60. The van der Waals surface area contributed by atoms with Crippen LogP contribution in [0.2, 0.25) is 0 Å². The van der Waals surface area contributed by atoms with Gasteiger partial charge in [-0.05, 0) is 19.3 Å². The van der Waals surface area contributed by atoms with E-state index in [1.807, 2.05) is 0 Å². The fourth-order valence-electron chi connectivity index (χ4n) is 2.58. The zero-order chi connectivity index (χ0) is 12.6. The predicted octanol–water partition coefficient (Wildman–Crippen LogP) is 0.0443. The van der Waals surface area contributed by atoms with E-state index in [9.17, 15) is 14.4 Å². The number of hydrogen-bond donors (Lipinski definition) is 0. The summed E-state index contributed by atoms with van der Waals surface area (Å²) in [5, 5.41) is 0. The molecule has 0 aromatic heterocycles. The monoisotopic (exact) mass is 242 g/mol. The molecule has 2 aliphatic rings. The normalized spacial score (nSPS) is 29.4. The molecule has 2 rings (SSSR count). The van der Waals surface area contributed by atoms with Crippen molar-refractivity contribution in [2.75, 3.05) is 14.2 Å². The van der Waals surface area contributed by atoms with Crippen molar-refractivity contribution in [3.05, 3.63) is 0 Å². The van der Waals surface area contributed by atoms with E-state index in [-0.39, 0.29) is 24.4 Å². The van der Waals surface area contributed by atoms with Gasteiger partial charge in [0.25, 0.3) is 0 Å². The highest BCUT2D eigenvalue weighted by Gasteiger charge is 2.59. The van der Waals surface area contributed by atoms with Gasteiger partial charge in [-0.3, -0.25) is 14.4 Å². The molecule has 1 saturated carbocycles. The molecule has 0 aromatic carbocycles. The maximum Gasteiger partial charge on any atom is 0.323 e. The zero-order valence-corrected chi connectivity index (χ0v) is 9.73. The first-order chi connectivity index (χ1) is 8.05. The van der Waals surface area contributed by atoms with Crippen molar-refractivity contribution >= 4 is 17.9 Å². The summed E-state index contributed by atoms with van der Waals surface area (Å²) in [4.78, 5) is 34.8. The predicted molar refractivity (Wildman–Crippen MR) is 53.7 cm³/mol. The van der Waals surface area contributed by atoms with E-state index in [0.29, 0.717) is 12.8 Å². The Kier molecular flexibility index (Phi) is 2.81. The van der Waals surface area contributed by atoms with Crippen LogP contribution < -0.4 is 0 Å². The minimum atomic E-state index is -1.34. The Bertz CT molecular complexity index is 358. The van der Waals surface area contributed by atoms with Crippen LogP contribution >= 0.6 is 0 Å². The van der Waals surface area contributed by atoms with Crippen LogP contribution in [0, 0.1) is 11.3 Å². The van der Waals surface area contributed by atoms with Crippen LogP contribution in [-0.2, 0) is 28.6 Å². The smallest absolute Gasteiger partial charge is 0.323 e. The quantitative estimate of drug-likeness (QED) is 0.386. The average molecular weight is 242 g/mol. The van der Waals surface area contributed by atoms with Crippen molar-refractivity contribution in [2.45, 2.75) is 25.4 Å². The minimum Gasteiger partial charge on any atom is -0.468 e.